The minimum absolute atomic E-state index is 0.0562. The summed E-state index contributed by atoms with van der Waals surface area (Å²) in [7, 11) is 1.54. The molecule has 9 nitrogen and oxygen atoms in total. The Kier molecular flexibility index (Phi) is 6.07. The number of fused-ring (bicyclic) bond motifs is 1. The predicted molar refractivity (Wildman–Crippen MR) is 119 cm³/mol. The summed E-state index contributed by atoms with van der Waals surface area (Å²) in [5.74, 6) is 1.36. The van der Waals surface area contributed by atoms with Gasteiger partial charge in [0.1, 0.15) is 23.6 Å². The quantitative estimate of drug-likeness (QED) is 0.410. The number of methoxy groups -OCH3 is 1. The highest BCUT2D eigenvalue weighted by Gasteiger charge is 2.38. The minimum Gasteiger partial charge on any atom is -0.494 e. The van der Waals surface area contributed by atoms with Gasteiger partial charge in [-0.25, -0.2) is 9.67 Å². The number of hydrogen-bond acceptors (Lipinski definition) is 7. The lowest BCUT2D eigenvalue weighted by Gasteiger charge is -2.18. The molecule has 0 aliphatic carbocycles. The van der Waals surface area contributed by atoms with Crippen molar-refractivity contribution in [1.29, 1.82) is 0 Å². The van der Waals surface area contributed by atoms with Gasteiger partial charge >= 0.3 is 6.18 Å². The van der Waals surface area contributed by atoms with Crippen LogP contribution < -0.4 is 14.8 Å². The molecular weight excluding hydrogens is 451 g/mol. The molecule has 0 saturated heterocycles. The Bertz CT molecular complexity index is 1310. The molecule has 3 heterocycles. The first kappa shape index (κ1) is 23.3. The third-order valence-electron chi connectivity index (χ3n) is 5.15. The van der Waals surface area contributed by atoms with Gasteiger partial charge in [0.2, 0.25) is 11.8 Å². The van der Waals surface area contributed by atoms with E-state index in [1.807, 2.05) is 13.8 Å². The van der Waals surface area contributed by atoms with Crippen LogP contribution in [0.2, 0.25) is 0 Å². The molecule has 0 unspecified atom stereocenters. The number of nitrogens with one attached hydrogen (secondary N) is 1. The molecular formula is C22H24F3N7O2. The van der Waals surface area contributed by atoms with E-state index in [-0.39, 0.29) is 17.7 Å². The van der Waals surface area contributed by atoms with Crippen LogP contribution in [0.4, 0.5) is 24.8 Å². The van der Waals surface area contributed by atoms with Crippen LogP contribution in [0.5, 0.6) is 11.6 Å². The Morgan fingerprint density at radius 3 is 2.44 bits per heavy atom. The minimum atomic E-state index is -4.51. The zero-order valence-corrected chi connectivity index (χ0v) is 19.3. The largest absolute Gasteiger partial charge is 0.494 e. The first-order valence-electron chi connectivity index (χ1n) is 10.5. The molecule has 0 radical (unpaired) electrons. The van der Waals surface area contributed by atoms with Gasteiger partial charge in [0, 0.05) is 17.8 Å². The second-order valence-electron chi connectivity index (χ2n) is 8.00. The van der Waals surface area contributed by atoms with Gasteiger partial charge in [0.15, 0.2) is 11.8 Å². The molecule has 1 atom stereocenters. The maximum Gasteiger partial charge on any atom is 0.425 e. The zero-order chi connectivity index (χ0) is 24.6. The molecule has 34 heavy (non-hydrogen) atoms. The molecule has 12 heteroatoms. The van der Waals surface area contributed by atoms with E-state index in [1.54, 1.807) is 42.2 Å². The third-order valence-corrected chi connectivity index (χ3v) is 5.15. The van der Waals surface area contributed by atoms with Gasteiger partial charge in [-0.3, -0.25) is 0 Å². The number of nitrogens with zero attached hydrogens (tertiary/aromatic N) is 6. The second kappa shape index (κ2) is 8.84. The highest BCUT2D eigenvalue weighted by atomic mass is 19.4. The van der Waals surface area contributed by atoms with Gasteiger partial charge in [0.25, 0.3) is 0 Å². The summed E-state index contributed by atoms with van der Waals surface area (Å²) in [4.78, 5) is 8.63. The Morgan fingerprint density at radius 2 is 1.82 bits per heavy atom. The SMILES string of the molecule is COc1cc(Nc2nc3c(C(C)C)ccc(O[C@@H](C)C(F)(F)F)n3n2)ccc1-n1cnc(C)n1. The molecule has 0 aliphatic heterocycles. The predicted octanol–water partition coefficient (Wildman–Crippen LogP) is 4.82. The summed E-state index contributed by atoms with van der Waals surface area (Å²) in [5, 5.41) is 11.7. The van der Waals surface area contributed by atoms with Crippen molar-refractivity contribution in [3.05, 3.63) is 48.0 Å². The lowest BCUT2D eigenvalue weighted by atomic mass is 10.1. The number of rotatable bonds is 7. The molecule has 0 spiro atoms. The molecule has 3 aromatic heterocycles. The van der Waals surface area contributed by atoms with Crippen LogP contribution in [0.15, 0.2) is 36.7 Å². The summed E-state index contributed by atoms with van der Waals surface area (Å²) in [6.45, 7) is 6.66. The van der Waals surface area contributed by atoms with Crippen molar-refractivity contribution in [2.45, 2.75) is 45.9 Å². The van der Waals surface area contributed by atoms with Crippen molar-refractivity contribution in [1.82, 2.24) is 29.4 Å². The Hall–Kier alpha value is -3.83. The number of halogens is 3. The second-order valence-corrected chi connectivity index (χ2v) is 8.00. The molecule has 0 aliphatic rings. The van der Waals surface area contributed by atoms with Crippen LogP contribution in [0, 0.1) is 6.92 Å². The average molecular weight is 475 g/mol. The van der Waals surface area contributed by atoms with Crippen LogP contribution in [0.3, 0.4) is 0 Å². The van der Waals surface area contributed by atoms with E-state index in [4.69, 9.17) is 9.47 Å². The van der Waals surface area contributed by atoms with Gasteiger partial charge in [-0.05, 0) is 43.5 Å². The monoisotopic (exact) mass is 475 g/mol. The third kappa shape index (κ3) is 4.61. The fraction of sp³-hybridized carbons (Fsp3) is 0.364. The Labute approximate surface area is 193 Å². The molecule has 4 rings (SSSR count). The van der Waals surface area contributed by atoms with E-state index in [0.29, 0.717) is 28.6 Å². The van der Waals surface area contributed by atoms with E-state index in [1.165, 1.54) is 17.7 Å². The number of pyridine rings is 1. The molecule has 0 amide bonds. The molecule has 180 valence electrons. The average Bonchev–Trinajstić information content (AvgIpc) is 3.39. The lowest BCUT2D eigenvalue weighted by Crippen LogP contribution is -2.31. The number of aromatic nitrogens is 6. The molecule has 4 aromatic rings. The van der Waals surface area contributed by atoms with E-state index < -0.39 is 12.3 Å². The van der Waals surface area contributed by atoms with Crippen molar-refractivity contribution in [2.24, 2.45) is 0 Å². The van der Waals surface area contributed by atoms with Gasteiger partial charge in [-0.15, -0.1) is 5.10 Å². The summed E-state index contributed by atoms with van der Waals surface area (Å²) in [6, 6.07) is 8.50. The first-order valence-corrected chi connectivity index (χ1v) is 10.5. The van der Waals surface area contributed by atoms with E-state index in [9.17, 15) is 13.2 Å². The molecule has 0 saturated carbocycles. The Morgan fingerprint density at radius 1 is 1.06 bits per heavy atom. The van der Waals surface area contributed by atoms with Crippen molar-refractivity contribution in [3.8, 4) is 17.3 Å². The van der Waals surface area contributed by atoms with Crippen LogP contribution in [0.1, 0.15) is 38.1 Å². The normalized spacial score (nSPS) is 12.9. The van der Waals surface area contributed by atoms with Crippen LogP contribution >= 0.6 is 0 Å². The van der Waals surface area contributed by atoms with Crippen molar-refractivity contribution >= 4 is 17.3 Å². The summed E-state index contributed by atoms with van der Waals surface area (Å²) in [5.41, 5.74) is 2.54. The van der Waals surface area contributed by atoms with Crippen LogP contribution in [0.25, 0.3) is 11.3 Å². The maximum atomic E-state index is 13.1. The lowest BCUT2D eigenvalue weighted by molar-refractivity contribution is -0.190. The fourth-order valence-corrected chi connectivity index (χ4v) is 3.34. The standard InChI is InChI=1S/C22H24F3N7O2/c1-12(2)16-7-9-19(34-13(3)22(23,24)25)32-20(16)28-21(30-32)27-15-6-8-17(18(10-15)33-5)31-11-26-14(4)29-31/h6-13H,1-5H3,(H,27,30)/t13-/m0/s1. The Balaban J connectivity index is 1.69. The van der Waals surface area contributed by atoms with Gasteiger partial charge in [0.05, 0.1) is 7.11 Å². The number of hydrogen-bond donors (Lipinski definition) is 1. The van der Waals surface area contributed by atoms with Gasteiger partial charge in [-0.1, -0.05) is 13.8 Å². The van der Waals surface area contributed by atoms with Crippen molar-refractivity contribution in [3.63, 3.8) is 0 Å². The van der Waals surface area contributed by atoms with Crippen LogP contribution in [-0.2, 0) is 0 Å². The number of ether oxygens (including phenoxy) is 2. The molecule has 0 bridgehead atoms. The zero-order valence-electron chi connectivity index (χ0n) is 19.3. The smallest absolute Gasteiger partial charge is 0.425 e. The first-order chi connectivity index (χ1) is 16.1. The number of alkyl halides is 3. The molecule has 1 N–H and O–H groups in total. The molecule has 1 aromatic carbocycles. The highest BCUT2D eigenvalue weighted by molar-refractivity contribution is 5.63. The van der Waals surface area contributed by atoms with E-state index >= 15 is 0 Å². The van der Waals surface area contributed by atoms with Gasteiger partial charge in [-0.2, -0.15) is 27.8 Å². The van der Waals surface area contributed by atoms with Crippen molar-refractivity contribution < 1.29 is 22.6 Å². The summed E-state index contributed by atoms with van der Waals surface area (Å²) in [6.07, 6.45) is -4.93. The highest BCUT2D eigenvalue weighted by Crippen LogP contribution is 2.31. The van der Waals surface area contributed by atoms with Crippen molar-refractivity contribution in [2.75, 3.05) is 12.4 Å². The van der Waals surface area contributed by atoms with Crippen LogP contribution in [-0.4, -0.2) is 48.8 Å². The topological polar surface area (TPSA) is 91.4 Å². The maximum absolute atomic E-state index is 13.1. The number of aryl methyl sites for hydroxylation is 1. The van der Waals surface area contributed by atoms with Gasteiger partial charge < -0.3 is 14.8 Å². The number of benzene rings is 1. The number of anilines is 2. The molecule has 0 fully saturated rings. The summed E-state index contributed by atoms with van der Waals surface area (Å²) < 4.78 is 52.7. The van der Waals surface area contributed by atoms with E-state index in [2.05, 4.69) is 25.5 Å². The van der Waals surface area contributed by atoms with E-state index in [0.717, 1.165) is 12.5 Å². The fourth-order valence-electron chi connectivity index (χ4n) is 3.34. The summed E-state index contributed by atoms with van der Waals surface area (Å²) >= 11 is 0.